The van der Waals surface area contributed by atoms with Crippen LogP contribution in [0.5, 0.6) is 5.75 Å². The standard InChI is InChI=1S/C20H24N6O3/c1-29-19-9-3-2-7-17(19)24-14-12-23(13-15-24)10-5-11-25-21-16-6-4-8-18(26(27)28)20(16)22-25/h2-4,6-9H,5,10-15H2,1H3. The molecule has 0 bridgehead atoms. The van der Waals surface area contributed by atoms with Crippen LogP contribution in [0.2, 0.25) is 0 Å². The molecule has 0 saturated carbocycles. The number of hydrogen-bond donors (Lipinski definition) is 0. The quantitative estimate of drug-likeness (QED) is 0.448. The summed E-state index contributed by atoms with van der Waals surface area (Å²) < 4.78 is 5.47. The molecule has 9 heteroatoms. The molecule has 152 valence electrons. The summed E-state index contributed by atoms with van der Waals surface area (Å²) in [7, 11) is 1.70. The number of rotatable bonds is 7. The van der Waals surface area contributed by atoms with Gasteiger partial charge in [-0.15, -0.1) is 5.10 Å². The van der Waals surface area contributed by atoms with Crippen LogP contribution in [-0.4, -0.2) is 64.7 Å². The summed E-state index contributed by atoms with van der Waals surface area (Å²) in [6, 6.07) is 13.0. The Labute approximate surface area is 168 Å². The third kappa shape index (κ3) is 4.14. The number of aromatic nitrogens is 3. The molecule has 2 aromatic carbocycles. The van der Waals surface area contributed by atoms with E-state index in [0.29, 0.717) is 17.6 Å². The molecule has 0 unspecified atom stereocenters. The van der Waals surface area contributed by atoms with Crippen LogP contribution in [0.15, 0.2) is 42.5 Å². The second kappa shape index (κ2) is 8.44. The fraction of sp³-hybridized carbons (Fsp3) is 0.400. The van der Waals surface area contributed by atoms with Crippen molar-refractivity contribution in [3.8, 4) is 5.75 Å². The van der Waals surface area contributed by atoms with Crippen LogP contribution in [-0.2, 0) is 6.54 Å². The summed E-state index contributed by atoms with van der Waals surface area (Å²) in [4.78, 5) is 17.1. The highest BCUT2D eigenvalue weighted by Gasteiger charge is 2.20. The number of ether oxygens (including phenoxy) is 1. The van der Waals surface area contributed by atoms with Crippen molar-refractivity contribution < 1.29 is 9.66 Å². The van der Waals surface area contributed by atoms with Crippen molar-refractivity contribution in [1.82, 2.24) is 19.9 Å². The number of benzene rings is 2. The lowest BCUT2D eigenvalue weighted by atomic mass is 10.2. The van der Waals surface area contributed by atoms with Crippen LogP contribution < -0.4 is 9.64 Å². The molecule has 0 aliphatic carbocycles. The predicted octanol–water partition coefficient (Wildman–Crippen LogP) is 2.56. The number of hydrogen-bond acceptors (Lipinski definition) is 7. The van der Waals surface area contributed by atoms with Crippen molar-refractivity contribution in [2.75, 3.05) is 44.7 Å². The first kappa shape index (κ1) is 19.1. The number of nitro benzene ring substituents is 1. The van der Waals surface area contributed by atoms with Crippen LogP contribution in [0.4, 0.5) is 11.4 Å². The van der Waals surface area contributed by atoms with E-state index in [0.717, 1.165) is 50.6 Å². The highest BCUT2D eigenvalue weighted by molar-refractivity contribution is 5.83. The van der Waals surface area contributed by atoms with E-state index in [9.17, 15) is 10.1 Å². The number of methoxy groups -OCH3 is 1. The Morgan fingerprint density at radius 3 is 2.59 bits per heavy atom. The molecule has 1 aliphatic heterocycles. The van der Waals surface area contributed by atoms with Gasteiger partial charge in [0, 0.05) is 38.8 Å². The Balaban J connectivity index is 1.30. The molecule has 29 heavy (non-hydrogen) atoms. The monoisotopic (exact) mass is 396 g/mol. The Hall–Kier alpha value is -3.20. The smallest absolute Gasteiger partial charge is 0.299 e. The maximum atomic E-state index is 11.1. The minimum atomic E-state index is -0.414. The fourth-order valence-corrected chi connectivity index (χ4v) is 3.75. The van der Waals surface area contributed by atoms with Gasteiger partial charge in [0.05, 0.1) is 24.3 Å². The van der Waals surface area contributed by atoms with Crippen molar-refractivity contribution in [2.45, 2.75) is 13.0 Å². The van der Waals surface area contributed by atoms with E-state index < -0.39 is 4.92 Å². The zero-order valence-electron chi connectivity index (χ0n) is 16.4. The summed E-state index contributed by atoms with van der Waals surface area (Å²) in [6.45, 7) is 5.46. The van der Waals surface area contributed by atoms with Crippen LogP contribution in [0, 0.1) is 10.1 Å². The molecule has 2 heterocycles. The Bertz CT molecular complexity index is 997. The summed E-state index contributed by atoms with van der Waals surface area (Å²) in [6.07, 6.45) is 0.892. The molecule has 4 rings (SSSR count). The van der Waals surface area contributed by atoms with Crippen molar-refractivity contribution in [3.05, 3.63) is 52.6 Å². The Morgan fingerprint density at radius 1 is 1.03 bits per heavy atom. The van der Waals surface area contributed by atoms with Crippen molar-refractivity contribution >= 4 is 22.4 Å². The number of anilines is 1. The molecule has 3 aromatic rings. The maximum absolute atomic E-state index is 11.1. The number of aryl methyl sites for hydroxylation is 1. The summed E-state index contributed by atoms with van der Waals surface area (Å²) in [5.41, 5.74) is 2.05. The van der Waals surface area contributed by atoms with Gasteiger partial charge in [0.1, 0.15) is 11.3 Å². The average Bonchev–Trinajstić information content (AvgIpc) is 3.17. The van der Waals surface area contributed by atoms with Gasteiger partial charge in [0.2, 0.25) is 0 Å². The van der Waals surface area contributed by atoms with Crippen LogP contribution in [0.3, 0.4) is 0 Å². The number of nitro groups is 1. The third-order valence-electron chi connectivity index (χ3n) is 5.26. The highest BCUT2D eigenvalue weighted by Crippen LogP contribution is 2.28. The largest absolute Gasteiger partial charge is 0.495 e. The van der Waals surface area contributed by atoms with Gasteiger partial charge in [0.15, 0.2) is 5.52 Å². The van der Waals surface area contributed by atoms with Crippen LogP contribution in [0.1, 0.15) is 6.42 Å². The minimum absolute atomic E-state index is 0.00112. The normalized spacial score (nSPS) is 15.0. The molecule has 1 fully saturated rings. The van der Waals surface area contributed by atoms with Gasteiger partial charge in [-0.05, 0) is 24.6 Å². The third-order valence-corrected chi connectivity index (χ3v) is 5.26. The van der Waals surface area contributed by atoms with Gasteiger partial charge < -0.3 is 9.64 Å². The predicted molar refractivity (Wildman–Crippen MR) is 110 cm³/mol. The van der Waals surface area contributed by atoms with Crippen LogP contribution >= 0.6 is 0 Å². The van der Waals surface area contributed by atoms with E-state index >= 15 is 0 Å². The molecule has 1 aromatic heterocycles. The van der Waals surface area contributed by atoms with Gasteiger partial charge in [-0.25, -0.2) is 0 Å². The summed E-state index contributed by atoms with van der Waals surface area (Å²) >= 11 is 0. The van der Waals surface area contributed by atoms with Gasteiger partial charge in [-0.3, -0.25) is 15.0 Å². The summed E-state index contributed by atoms with van der Waals surface area (Å²) in [5.74, 6) is 0.909. The van der Waals surface area contributed by atoms with Crippen molar-refractivity contribution in [2.24, 2.45) is 0 Å². The molecule has 1 aliphatic rings. The maximum Gasteiger partial charge on any atom is 0.299 e. The van der Waals surface area contributed by atoms with Crippen LogP contribution in [0.25, 0.3) is 11.0 Å². The lowest BCUT2D eigenvalue weighted by molar-refractivity contribution is -0.383. The van der Waals surface area contributed by atoms with E-state index in [1.165, 1.54) is 6.07 Å². The number of piperazine rings is 1. The van der Waals surface area contributed by atoms with E-state index in [4.69, 9.17) is 4.74 Å². The lowest BCUT2D eigenvalue weighted by Gasteiger charge is -2.36. The fourth-order valence-electron chi connectivity index (χ4n) is 3.75. The molecule has 0 atom stereocenters. The van der Waals surface area contributed by atoms with Gasteiger partial charge in [0.25, 0.3) is 5.69 Å². The van der Waals surface area contributed by atoms with Crippen molar-refractivity contribution in [1.29, 1.82) is 0 Å². The second-order valence-corrected chi connectivity index (χ2v) is 7.05. The highest BCUT2D eigenvalue weighted by atomic mass is 16.6. The molecule has 0 N–H and O–H groups in total. The molecule has 9 nitrogen and oxygen atoms in total. The van der Waals surface area contributed by atoms with Crippen molar-refractivity contribution in [3.63, 3.8) is 0 Å². The molecular formula is C20H24N6O3. The number of non-ortho nitro benzene ring substituents is 1. The zero-order valence-corrected chi connectivity index (χ0v) is 16.4. The Kier molecular flexibility index (Phi) is 5.57. The van der Waals surface area contributed by atoms with E-state index in [1.54, 1.807) is 24.0 Å². The lowest BCUT2D eigenvalue weighted by Crippen LogP contribution is -2.46. The average molecular weight is 396 g/mol. The van der Waals surface area contributed by atoms with Gasteiger partial charge >= 0.3 is 0 Å². The topological polar surface area (TPSA) is 89.6 Å². The van der Waals surface area contributed by atoms with Gasteiger partial charge in [-0.1, -0.05) is 18.2 Å². The first-order valence-electron chi connectivity index (χ1n) is 9.74. The van der Waals surface area contributed by atoms with E-state index in [-0.39, 0.29) is 5.69 Å². The molecule has 0 radical (unpaired) electrons. The molecule has 1 saturated heterocycles. The van der Waals surface area contributed by atoms with Gasteiger partial charge in [-0.2, -0.15) is 9.90 Å². The first-order chi connectivity index (χ1) is 14.2. The molecule has 0 amide bonds. The van der Waals surface area contributed by atoms with E-state index in [1.807, 2.05) is 18.2 Å². The summed E-state index contributed by atoms with van der Waals surface area (Å²) in [5, 5.41) is 19.8. The molecule has 0 spiro atoms. The SMILES string of the molecule is COc1ccccc1N1CCN(CCCn2nc3cccc([N+](=O)[O-])c3n2)CC1. The number of fused-ring (bicyclic) bond motifs is 1. The minimum Gasteiger partial charge on any atom is -0.495 e. The Morgan fingerprint density at radius 2 is 1.83 bits per heavy atom. The first-order valence-corrected chi connectivity index (χ1v) is 9.74. The number of para-hydroxylation sites is 2. The zero-order chi connectivity index (χ0) is 20.2. The number of nitrogens with zero attached hydrogens (tertiary/aromatic N) is 6. The second-order valence-electron chi connectivity index (χ2n) is 7.05. The van der Waals surface area contributed by atoms with E-state index in [2.05, 4.69) is 26.1 Å². The molecular weight excluding hydrogens is 372 g/mol.